The van der Waals surface area contributed by atoms with E-state index in [4.69, 9.17) is 0 Å². The molecule has 0 bridgehead atoms. The number of hydrogen-bond acceptors (Lipinski definition) is 0. The summed E-state index contributed by atoms with van der Waals surface area (Å²) < 4.78 is 6.83. The van der Waals surface area contributed by atoms with E-state index in [1.807, 2.05) is 0 Å². The molecule has 2 aliphatic rings. The Labute approximate surface area is 236 Å². The molecule has 4 aromatic carbocycles. The molecule has 2 aliphatic carbocycles. The van der Waals surface area contributed by atoms with E-state index in [0.717, 1.165) is 0 Å². The third-order valence-electron chi connectivity index (χ3n) is 9.62. The van der Waals surface area contributed by atoms with Gasteiger partial charge in [0, 0.05) is 0 Å². The first-order valence-electron chi connectivity index (χ1n) is 14.6. The first-order chi connectivity index (χ1) is 18.8. The summed E-state index contributed by atoms with van der Waals surface area (Å²) in [5.41, 5.74) is 14.2. The summed E-state index contributed by atoms with van der Waals surface area (Å²) in [4.78, 5) is 0. The van der Waals surface area contributed by atoms with Crippen LogP contribution in [-0.2, 0) is 17.1 Å². The fourth-order valence-electron chi connectivity index (χ4n) is 7.28. The monoisotopic (exact) mass is 692 g/mol. The van der Waals surface area contributed by atoms with Gasteiger partial charge in [0.1, 0.15) is 0 Å². The number of fused-ring (bicyclic) bond motifs is 2. The second kappa shape index (κ2) is 10.1. The zero-order valence-electron chi connectivity index (χ0n) is 24.0. The van der Waals surface area contributed by atoms with Gasteiger partial charge in [-0.3, -0.25) is 0 Å². The second-order valence-corrected chi connectivity index (χ2v) is 57.1. The molecule has 196 valence electrons. The molecule has 0 nitrogen and oxygen atoms in total. The predicted molar refractivity (Wildman–Crippen MR) is 171 cm³/mol. The summed E-state index contributed by atoms with van der Waals surface area (Å²) in [5.74, 6) is 0. The minimum atomic E-state index is -3.61. The van der Waals surface area contributed by atoms with E-state index in [1.54, 1.807) is 11.1 Å². The number of benzene rings is 4. The Kier molecular flexibility index (Phi) is 6.92. The molecule has 0 N–H and O–H groups in total. The van der Waals surface area contributed by atoms with Crippen LogP contribution in [0.15, 0.2) is 97.1 Å². The van der Waals surface area contributed by atoms with Crippen LogP contribution >= 0.6 is 0 Å². The molecule has 0 aliphatic heterocycles. The molecule has 2 heteroatoms. The number of allylic oxidation sites excluding steroid dienone is 2. The van der Waals surface area contributed by atoms with Gasteiger partial charge in [0.2, 0.25) is 0 Å². The Hall–Kier alpha value is -2.55. The number of rotatable bonds is 6. The quantitative estimate of drug-likeness (QED) is 0.177. The van der Waals surface area contributed by atoms with Crippen molar-refractivity contribution in [1.82, 2.24) is 0 Å². The van der Waals surface area contributed by atoms with Gasteiger partial charge in [-0.15, -0.1) is 0 Å². The molecular weight excluding hydrogens is 651 g/mol. The molecule has 0 saturated heterocycles. The SMILES string of the molecule is CCC[SiH]=[Hf]([CH3])([CH3])([CH]1C=Cc2c(-c3ccc(C)cc3)cccc21)[CH]1C=Cc2c(-c3ccc(C)cc3)cccc21. The summed E-state index contributed by atoms with van der Waals surface area (Å²) >= 11 is -3.61. The van der Waals surface area contributed by atoms with Gasteiger partial charge < -0.3 is 0 Å². The van der Waals surface area contributed by atoms with Crippen LogP contribution in [0.2, 0.25) is 15.4 Å². The van der Waals surface area contributed by atoms with Crippen LogP contribution in [0.3, 0.4) is 0 Å². The van der Waals surface area contributed by atoms with Gasteiger partial charge >= 0.3 is 238 Å². The third-order valence-corrected chi connectivity index (χ3v) is 52.4. The number of aryl methyl sites for hydroxylation is 2. The van der Waals surface area contributed by atoms with Crippen LogP contribution < -0.4 is 0 Å². The van der Waals surface area contributed by atoms with Crippen molar-refractivity contribution in [2.24, 2.45) is 0 Å². The average molecular weight is 691 g/mol. The zero-order valence-corrected chi connectivity index (χ0v) is 28.8. The number of hydrogen-bond donors (Lipinski definition) is 0. The summed E-state index contributed by atoms with van der Waals surface area (Å²) in [7, 11) is 0. The van der Waals surface area contributed by atoms with Crippen LogP contribution in [0.5, 0.6) is 0 Å². The van der Waals surface area contributed by atoms with E-state index in [1.165, 1.54) is 57.0 Å². The molecule has 0 radical (unpaired) electrons. The van der Waals surface area contributed by atoms with Crippen LogP contribution in [0.1, 0.15) is 54.1 Å². The topological polar surface area (TPSA) is 0 Å². The molecule has 6 rings (SSSR count). The van der Waals surface area contributed by atoms with E-state index in [-0.39, 0.29) is 0 Å². The molecule has 2 unspecified atom stereocenters. The Morgan fingerprint density at radius 1 is 0.615 bits per heavy atom. The van der Waals surface area contributed by atoms with Crippen molar-refractivity contribution in [2.45, 2.75) is 49.9 Å². The van der Waals surface area contributed by atoms with Crippen molar-refractivity contribution in [1.29, 1.82) is 0 Å². The molecule has 0 saturated carbocycles. The molecule has 0 spiro atoms. The molecule has 0 aromatic heterocycles. The average Bonchev–Trinajstić information content (AvgIpc) is 3.59. The van der Waals surface area contributed by atoms with Gasteiger partial charge in [0.05, 0.1) is 0 Å². The van der Waals surface area contributed by atoms with E-state index in [2.05, 4.69) is 139 Å². The standard InChI is InChI=1S/2C16H13.C3H8Si.2CH3.Hf/c2*1-12-8-10-14(11-9-12)16-7-3-5-13-4-2-6-15(13)16;1-2-3-4;;;/h2*2-11H,1H3;4H,2-3H2,1H3;2*1H3;. The molecule has 4 aromatic rings. The van der Waals surface area contributed by atoms with Crippen LogP contribution in [0, 0.1) is 13.8 Å². The first-order valence-corrected chi connectivity index (χ1v) is 33.6. The maximum atomic E-state index is 2.83. The van der Waals surface area contributed by atoms with Crippen molar-refractivity contribution in [2.75, 3.05) is 0 Å². The summed E-state index contributed by atoms with van der Waals surface area (Å²) in [6.45, 7) is 6.72. The molecule has 39 heavy (non-hydrogen) atoms. The fraction of sp³-hybridized carbons (Fsp3) is 0.243. The summed E-state index contributed by atoms with van der Waals surface area (Å²) in [5, 5.41) is 0. The minimum absolute atomic E-state index is 0.406. The molecule has 0 heterocycles. The van der Waals surface area contributed by atoms with Crippen molar-refractivity contribution < 1.29 is 17.1 Å². The van der Waals surface area contributed by atoms with Crippen LogP contribution in [0.25, 0.3) is 34.4 Å². The second-order valence-electron chi connectivity index (χ2n) is 12.7. The van der Waals surface area contributed by atoms with E-state index < -0.39 is 17.1 Å². The van der Waals surface area contributed by atoms with Crippen LogP contribution in [-0.4, -0.2) is 6.22 Å². The van der Waals surface area contributed by atoms with Crippen molar-refractivity contribution in [3.05, 3.63) is 130 Å². The van der Waals surface area contributed by atoms with Crippen molar-refractivity contribution >= 4 is 18.4 Å². The Bertz CT molecular complexity index is 1560. The van der Waals surface area contributed by atoms with E-state index in [0.29, 0.717) is 13.6 Å². The molecule has 0 amide bonds. The third kappa shape index (κ3) is 4.54. The van der Waals surface area contributed by atoms with Crippen LogP contribution in [0.4, 0.5) is 0 Å². The van der Waals surface area contributed by atoms with Gasteiger partial charge in [-0.2, -0.15) is 0 Å². The van der Waals surface area contributed by atoms with Gasteiger partial charge in [0.15, 0.2) is 0 Å². The van der Waals surface area contributed by atoms with Gasteiger partial charge in [-0.25, -0.2) is 0 Å². The van der Waals surface area contributed by atoms with Gasteiger partial charge in [0.25, 0.3) is 0 Å². The summed E-state index contributed by atoms with van der Waals surface area (Å²) in [6.07, 6.45) is 11.9. The van der Waals surface area contributed by atoms with Gasteiger partial charge in [-0.05, 0) is 0 Å². The molecule has 0 fully saturated rings. The van der Waals surface area contributed by atoms with Crippen molar-refractivity contribution in [3.63, 3.8) is 0 Å². The van der Waals surface area contributed by atoms with Crippen molar-refractivity contribution in [3.8, 4) is 22.3 Å². The normalized spacial score (nSPS) is 17.8. The Morgan fingerprint density at radius 2 is 1.05 bits per heavy atom. The first kappa shape index (κ1) is 26.7. The molecular formula is C37H40HfSi. The summed E-state index contributed by atoms with van der Waals surface area (Å²) in [6, 6.07) is 33.7. The Morgan fingerprint density at radius 3 is 1.46 bits per heavy atom. The fourth-order valence-corrected chi connectivity index (χ4v) is 47.4. The van der Waals surface area contributed by atoms with E-state index in [9.17, 15) is 0 Å². The van der Waals surface area contributed by atoms with E-state index >= 15 is 0 Å². The maximum absolute atomic E-state index is 3.61. The predicted octanol–water partition coefficient (Wildman–Crippen LogP) is 10.4. The van der Waals surface area contributed by atoms with Gasteiger partial charge in [-0.1, -0.05) is 0 Å². The Balaban J connectivity index is 1.49. The zero-order chi connectivity index (χ0) is 27.2. The molecule has 2 atom stereocenters.